The third-order valence-electron chi connectivity index (χ3n) is 4.30. The summed E-state index contributed by atoms with van der Waals surface area (Å²) >= 11 is 5.78. The molecule has 0 aliphatic heterocycles. The van der Waals surface area contributed by atoms with Gasteiger partial charge in [-0.25, -0.2) is 4.39 Å². The average molecular weight is 435 g/mol. The van der Waals surface area contributed by atoms with Crippen LogP contribution in [0, 0.1) is 5.82 Å². The summed E-state index contributed by atoms with van der Waals surface area (Å²) < 4.78 is 18.3. The summed E-state index contributed by atoms with van der Waals surface area (Å²) in [5.41, 5.74) is 1.14. The quantitative estimate of drug-likeness (QED) is 0.458. The summed E-state index contributed by atoms with van der Waals surface area (Å²) in [7, 11) is 0. The second kappa shape index (κ2) is 11.9. The minimum Gasteiger partial charge on any atom is -0.456 e. The van der Waals surface area contributed by atoms with Gasteiger partial charge in [0.25, 0.3) is 11.8 Å². The molecule has 0 saturated carbocycles. The molecule has 2 aromatic rings. The third-order valence-corrected chi connectivity index (χ3v) is 4.56. The van der Waals surface area contributed by atoms with Gasteiger partial charge in [-0.15, -0.1) is 0 Å². The summed E-state index contributed by atoms with van der Waals surface area (Å²) in [5.74, 6) is -1.51. The molecule has 2 amide bonds. The Morgan fingerprint density at radius 3 is 2.53 bits per heavy atom. The molecule has 2 aromatic carbocycles. The summed E-state index contributed by atoms with van der Waals surface area (Å²) in [6.45, 7) is 2.36. The molecule has 8 heteroatoms. The van der Waals surface area contributed by atoms with Crippen molar-refractivity contribution in [2.45, 2.75) is 26.3 Å². The van der Waals surface area contributed by atoms with Crippen molar-refractivity contribution in [2.24, 2.45) is 0 Å². The van der Waals surface area contributed by atoms with Gasteiger partial charge in [0.05, 0.1) is 0 Å². The van der Waals surface area contributed by atoms with E-state index in [-0.39, 0.29) is 37.2 Å². The molecule has 0 heterocycles. The van der Waals surface area contributed by atoms with E-state index in [2.05, 4.69) is 5.32 Å². The average Bonchev–Trinajstić information content (AvgIpc) is 2.73. The Bertz CT molecular complexity index is 874. The van der Waals surface area contributed by atoms with Gasteiger partial charge in [0.2, 0.25) is 0 Å². The van der Waals surface area contributed by atoms with Crippen LogP contribution < -0.4 is 5.32 Å². The zero-order chi connectivity index (χ0) is 21.9. The van der Waals surface area contributed by atoms with Crippen LogP contribution >= 0.6 is 11.6 Å². The zero-order valence-corrected chi connectivity index (χ0v) is 17.5. The fourth-order valence-corrected chi connectivity index (χ4v) is 2.80. The Kier molecular flexibility index (Phi) is 9.28. The van der Waals surface area contributed by atoms with E-state index in [1.807, 2.05) is 0 Å². The molecule has 160 valence electrons. The predicted octanol–water partition coefficient (Wildman–Crippen LogP) is 3.58. The Morgan fingerprint density at radius 1 is 1.13 bits per heavy atom. The number of carbonyl (C=O) groups excluding carboxylic acids is 3. The van der Waals surface area contributed by atoms with Gasteiger partial charge in [-0.2, -0.15) is 0 Å². The van der Waals surface area contributed by atoms with Crippen molar-refractivity contribution in [3.8, 4) is 0 Å². The number of carbonyl (C=O) groups is 3. The molecule has 0 radical (unpaired) electrons. The number of nitrogens with one attached hydrogen (secondary N) is 1. The summed E-state index contributed by atoms with van der Waals surface area (Å²) in [6.07, 6.45) is 0.456. The molecular weight excluding hydrogens is 411 g/mol. The van der Waals surface area contributed by atoms with E-state index in [0.29, 0.717) is 35.7 Å². The molecule has 0 aliphatic carbocycles. The van der Waals surface area contributed by atoms with Crippen molar-refractivity contribution in [1.29, 1.82) is 0 Å². The highest BCUT2D eigenvalue weighted by Gasteiger charge is 2.15. The number of hydrogen-bond acceptors (Lipinski definition) is 4. The van der Waals surface area contributed by atoms with E-state index in [1.165, 1.54) is 17.0 Å². The van der Waals surface area contributed by atoms with Crippen molar-refractivity contribution in [3.05, 3.63) is 70.5 Å². The van der Waals surface area contributed by atoms with Crippen molar-refractivity contribution in [1.82, 2.24) is 10.2 Å². The normalized spacial score (nSPS) is 10.4. The van der Waals surface area contributed by atoms with Crippen LogP contribution in [0.25, 0.3) is 0 Å². The molecular formula is C22H24ClFN2O4. The van der Waals surface area contributed by atoms with Gasteiger partial charge in [0.15, 0.2) is 6.61 Å². The lowest BCUT2D eigenvalue weighted by Gasteiger charge is -2.21. The van der Waals surface area contributed by atoms with Crippen LogP contribution in [-0.4, -0.2) is 42.4 Å². The molecule has 0 aromatic heterocycles. The Labute approximate surface area is 180 Å². The smallest absolute Gasteiger partial charge is 0.306 e. The summed E-state index contributed by atoms with van der Waals surface area (Å²) in [6, 6.07) is 12.5. The monoisotopic (exact) mass is 434 g/mol. The number of hydrogen-bond donors (Lipinski definition) is 1. The van der Waals surface area contributed by atoms with Crippen LogP contribution in [0.2, 0.25) is 5.02 Å². The number of esters is 1. The largest absolute Gasteiger partial charge is 0.456 e. The van der Waals surface area contributed by atoms with Gasteiger partial charge in [-0.3, -0.25) is 14.4 Å². The highest BCUT2D eigenvalue weighted by Crippen LogP contribution is 2.10. The lowest BCUT2D eigenvalue weighted by Crippen LogP contribution is -2.34. The summed E-state index contributed by atoms with van der Waals surface area (Å²) in [4.78, 5) is 37.5. The first-order valence-electron chi connectivity index (χ1n) is 9.60. The van der Waals surface area contributed by atoms with Crippen LogP contribution in [0.15, 0.2) is 48.5 Å². The molecule has 0 spiro atoms. The maximum atomic E-state index is 13.3. The van der Waals surface area contributed by atoms with E-state index < -0.39 is 5.97 Å². The number of rotatable bonds is 10. The lowest BCUT2D eigenvalue weighted by atomic mass is 10.2. The molecule has 6 nitrogen and oxygen atoms in total. The van der Waals surface area contributed by atoms with Crippen LogP contribution in [-0.2, 0) is 20.9 Å². The molecule has 30 heavy (non-hydrogen) atoms. The SMILES string of the molecule is CCN(Cc1cccc(F)c1)C(=O)COC(=O)CCCNC(=O)c1ccc(Cl)cc1. The first kappa shape index (κ1) is 23.3. The van der Waals surface area contributed by atoms with Crippen molar-refractivity contribution in [2.75, 3.05) is 19.7 Å². The summed E-state index contributed by atoms with van der Waals surface area (Å²) in [5, 5.41) is 3.25. The van der Waals surface area contributed by atoms with E-state index in [4.69, 9.17) is 16.3 Å². The van der Waals surface area contributed by atoms with E-state index >= 15 is 0 Å². The molecule has 0 aliphatic rings. The highest BCUT2D eigenvalue weighted by atomic mass is 35.5. The van der Waals surface area contributed by atoms with Gasteiger partial charge in [0.1, 0.15) is 5.82 Å². The Hall–Kier alpha value is -2.93. The first-order chi connectivity index (χ1) is 14.4. The number of halogens is 2. The van der Waals surface area contributed by atoms with E-state index in [1.54, 1.807) is 43.3 Å². The van der Waals surface area contributed by atoms with Crippen LogP contribution in [0.5, 0.6) is 0 Å². The van der Waals surface area contributed by atoms with Crippen LogP contribution in [0.4, 0.5) is 4.39 Å². The predicted molar refractivity (Wildman–Crippen MR) is 111 cm³/mol. The number of amides is 2. The van der Waals surface area contributed by atoms with Crippen LogP contribution in [0.1, 0.15) is 35.7 Å². The minimum absolute atomic E-state index is 0.0736. The maximum Gasteiger partial charge on any atom is 0.306 e. The van der Waals surface area contributed by atoms with Gasteiger partial charge in [-0.05, 0) is 55.3 Å². The number of benzene rings is 2. The van der Waals surface area contributed by atoms with Crippen LogP contribution in [0.3, 0.4) is 0 Å². The molecule has 0 saturated heterocycles. The first-order valence-corrected chi connectivity index (χ1v) is 9.98. The highest BCUT2D eigenvalue weighted by molar-refractivity contribution is 6.30. The van der Waals surface area contributed by atoms with Crippen molar-refractivity contribution >= 4 is 29.4 Å². The standard InChI is InChI=1S/C22H24ClFN2O4/c1-2-26(14-16-5-3-6-19(24)13-16)20(27)15-30-21(28)7-4-12-25-22(29)17-8-10-18(23)11-9-17/h3,5-6,8-11,13H,2,4,7,12,14-15H2,1H3,(H,25,29). The van der Waals surface area contributed by atoms with E-state index in [0.717, 1.165) is 0 Å². The zero-order valence-electron chi connectivity index (χ0n) is 16.7. The Morgan fingerprint density at radius 2 is 1.87 bits per heavy atom. The molecule has 1 N–H and O–H groups in total. The van der Waals surface area contributed by atoms with E-state index in [9.17, 15) is 18.8 Å². The number of ether oxygens (including phenoxy) is 1. The van der Waals surface area contributed by atoms with Crippen molar-refractivity contribution in [3.63, 3.8) is 0 Å². The van der Waals surface area contributed by atoms with Gasteiger partial charge in [-0.1, -0.05) is 23.7 Å². The molecule has 0 unspecified atom stereocenters. The van der Waals surface area contributed by atoms with Gasteiger partial charge < -0.3 is 15.0 Å². The molecule has 0 bridgehead atoms. The minimum atomic E-state index is -0.522. The third kappa shape index (κ3) is 7.83. The number of likely N-dealkylation sites (N-methyl/N-ethyl adjacent to an activating group) is 1. The van der Waals surface area contributed by atoms with Crippen molar-refractivity contribution < 1.29 is 23.5 Å². The molecule has 0 atom stereocenters. The number of nitrogens with zero attached hydrogens (tertiary/aromatic N) is 1. The fourth-order valence-electron chi connectivity index (χ4n) is 2.68. The topological polar surface area (TPSA) is 75.7 Å². The fraction of sp³-hybridized carbons (Fsp3) is 0.318. The molecule has 2 rings (SSSR count). The maximum absolute atomic E-state index is 13.3. The second-order valence-corrected chi connectivity index (χ2v) is 7.00. The Balaban J connectivity index is 1.67. The van der Waals surface area contributed by atoms with Gasteiger partial charge in [0, 0.05) is 36.6 Å². The molecule has 0 fully saturated rings. The van der Waals surface area contributed by atoms with Gasteiger partial charge >= 0.3 is 5.97 Å². The lowest BCUT2D eigenvalue weighted by molar-refractivity contribution is -0.152. The second-order valence-electron chi connectivity index (χ2n) is 6.56.